The summed E-state index contributed by atoms with van der Waals surface area (Å²) >= 11 is 6.35. The maximum atomic E-state index is 13.8. The predicted molar refractivity (Wildman–Crippen MR) is 186 cm³/mol. The van der Waals surface area contributed by atoms with Crippen LogP contribution in [0.4, 0.5) is 18.0 Å². The van der Waals surface area contributed by atoms with Gasteiger partial charge in [-0.25, -0.2) is 14.8 Å². The Morgan fingerprint density at radius 3 is 2.36 bits per heavy atom. The number of nitrogens with two attached hydrogens (primary N) is 2. The number of nitrogens with zero attached hydrogens (tertiary/aromatic N) is 5. The van der Waals surface area contributed by atoms with Crippen molar-refractivity contribution in [2.24, 2.45) is 26.9 Å². The first-order valence-corrected chi connectivity index (χ1v) is 16.2. The third-order valence-corrected chi connectivity index (χ3v) is 8.19. The second-order valence-electron chi connectivity index (χ2n) is 13.2. The van der Waals surface area contributed by atoms with Gasteiger partial charge >= 0.3 is 12.3 Å². The van der Waals surface area contributed by atoms with E-state index in [2.05, 4.69) is 20.4 Å². The van der Waals surface area contributed by atoms with Crippen molar-refractivity contribution >= 4 is 41.7 Å². The summed E-state index contributed by atoms with van der Waals surface area (Å²) in [7, 11) is 0. The summed E-state index contributed by atoms with van der Waals surface area (Å²) in [6, 6.07) is 11.1. The number of nitrogens with one attached hydrogen (secondary N) is 2. The number of hydrogen-bond acceptors (Lipinski definition) is 7. The Balaban J connectivity index is 0.000000627. The molecule has 0 spiro atoms. The number of aliphatic imine (C=N–C) groups is 2. The lowest BCUT2D eigenvalue weighted by Gasteiger charge is -2.28. The minimum atomic E-state index is -4.06. The van der Waals surface area contributed by atoms with Crippen LogP contribution in [0.3, 0.4) is 0 Å². The maximum Gasteiger partial charge on any atom is 0.407 e. The molecule has 0 bridgehead atoms. The van der Waals surface area contributed by atoms with Crippen LogP contribution in [-0.4, -0.2) is 63.6 Å². The number of amides is 2. The van der Waals surface area contributed by atoms with E-state index >= 15 is 0 Å². The van der Waals surface area contributed by atoms with Crippen LogP contribution >= 0.6 is 11.6 Å². The van der Waals surface area contributed by atoms with E-state index in [1.807, 2.05) is 41.3 Å². The van der Waals surface area contributed by atoms with Crippen LogP contribution in [0.5, 0.6) is 0 Å². The molecular weight excluding hydrogens is 675 g/mol. The molecule has 3 aromatic rings. The van der Waals surface area contributed by atoms with E-state index in [0.717, 1.165) is 51.1 Å². The molecule has 268 valence electrons. The first-order chi connectivity index (χ1) is 23.4. The average Bonchev–Trinajstić information content (AvgIpc) is 3.69. The number of aromatic nitrogens is 2. The molecule has 0 saturated heterocycles. The first-order valence-electron chi connectivity index (χ1n) is 15.8. The Bertz CT molecular complexity index is 1750. The average molecular weight is 716 g/mol. The fourth-order valence-electron chi connectivity index (χ4n) is 4.75. The lowest BCUT2D eigenvalue weighted by molar-refractivity contribution is -0.204. The van der Waals surface area contributed by atoms with E-state index < -0.39 is 29.8 Å². The number of alkyl halides is 3. The second kappa shape index (κ2) is 15.3. The molecule has 12 nitrogen and oxygen atoms in total. The summed E-state index contributed by atoms with van der Waals surface area (Å²) in [5, 5.41) is 14.7. The lowest BCUT2D eigenvalue weighted by Crippen LogP contribution is -2.43. The molecule has 1 fully saturated rings. The number of halogens is 4. The van der Waals surface area contributed by atoms with Crippen molar-refractivity contribution in [3.63, 3.8) is 0 Å². The van der Waals surface area contributed by atoms with Crippen molar-refractivity contribution in [2.75, 3.05) is 6.61 Å². The van der Waals surface area contributed by atoms with Gasteiger partial charge in [0.05, 0.1) is 28.7 Å². The first kappa shape index (κ1) is 37.9. The van der Waals surface area contributed by atoms with Crippen molar-refractivity contribution in [2.45, 2.75) is 77.8 Å². The van der Waals surface area contributed by atoms with Gasteiger partial charge in [0.15, 0.2) is 12.0 Å². The van der Waals surface area contributed by atoms with E-state index in [0.29, 0.717) is 27.8 Å². The minimum absolute atomic E-state index is 0.0177. The number of ether oxygens (including phenoxy) is 1. The zero-order valence-corrected chi connectivity index (χ0v) is 29.1. The molecule has 2 heterocycles. The standard InChI is InChI=1S/C29H32ClN9O3.C5H9F3/c1-16(2)36-29(41)42-14-24(19-7-10-23(30)22(11-19)26(32)34-15-31)39-27(40)25(37-28(39)33)18-5-3-17(4-6-18)20-12-35-38(13-20)21-8-9-21;1-4(2,3)5(6,7)8/h3-7,10-13,15-16,21,24-25H,8-9,14H2,1-2H3,(H2,33,37)(H,36,41)(H3,31,32,34);1-3H3. The van der Waals surface area contributed by atoms with Crippen molar-refractivity contribution in [3.8, 4) is 11.1 Å². The Labute approximate surface area is 293 Å². The molecule has 1 aromatic heterocycles. The quantitative estimate of drug-likeness (QED) is 0.137. The summed E-state index contributed by atoms with van der Waals surface area (Å²) < 4.78 is 42.2. The number of alkyl carbamates (subject to hydrolysis) is 1. The van der Waals surface area contributed by atoms with Crippen LogP contribution in [0.2, 0.25) is 5.02 Å². The molecule has 0 radical (unpaired) electrons. The molecule has 2 aromatic carbocycles. The summed E-state index contributed by atoms with van der Waals surface area (Å²) in [6.45, 7) is 6.82. The normalized spacial score (nSPS) is 17.2. The van der Waals surface area contributed by atoms with Crippen LogP contribution in [0.15, 0.2) is 64.8 Å². The molecule has 2 amide bonds. The predicted octanol–water partition coefficient (Wildman–Crippen LogP) is 6.52. The molecule has 50 heavy (non-hydrogen) atoms. The number of carbonyl (C=O) groups is 2. The molecule has 1 aliphatic heterocycles. The van der Waals surface area contributed by atoms with Crippen LogP contribution in [0.1, 0.15) is 82.3 Å². The van der Waals surface area contributed by atoms with E-state index in [4.69, 9.17) is 33.2 Å². The van der Waals surface area contributed by atoms with Crippen LogP contribution < -0.4 is 16.8 Å². The highest BCUT2D eigenvalue weighted by molar-refractivity contribution is 6.34. The number of hydrogen-bond donors (Lipinski definition) is 4. The van der Waals surface area contributed by atoms with Crippen molar-refractivity contribution in [3.05, 3.63) is 76.6 Å². The Hall–Kier alpha value is -4.92. The van der Waals surface area contributed by atoms with Gasteiger partial charge < -0.3 is 21.5 Å². The van der Waals surface area contributed by atoms with Gasteiger partial charge in [-0.1, -0.05) is 62.7 Å². The van der Waals surface area contributed by atoms with Gasteiger partial charge in [-0.05, 0) is 55.5 Å². The van der Waals surface area contributed by atoms with E-state index in [1.54, 1.807) is 32.0 Å². The van der Waals surface area contributed by atoms with Gasteiger partial charge in [0.2, 0.25) is 0 Å². The highest BCUT2D eigenvalue weighted by atomic mass is 35.5. The smallest absolute Gasteiger partial charge is 0.407 e. The van der Waals surface area contributed by atoms with Gasteiger partial charge in [-0.2, -0.15) is 18.3 Å². The zero-order valence-electron chi connectivity index (χ0n) is 28.3. The molecule has 1 saturated carbocycles. The molecule has 2 unspecified atom stereocenters. The SMILES string of the molecule is CC(C)(C)C(F)(F)F.CC(C)NC(=O)OCC(c1ccc(Cl)c(C(N)=NC=N)c1)N1C(=O)C(c2ccc(-c3cnn(C4CC4)c3)cc2)N=C1N. The van der Waals surface area contributed by atoms with E-state index in [9.17, 15) is 22.8 Å². The number of rotatable bonds is 10. The number of guanidine groups is 1. The molecule has 16 heteroatoms. The van der Waals surface area contributed by atoms with Gasteiger partial charge in [-0.15, -0.1) is 0 Å². The van der Waals surface area contributed by atoms with Gasteiger partial charge in [0.1, 0.15) is 18.8 Å². The van der Waals surface area contributed by atoms with Crippen molar-refractivity contribution in [1.29, 1.82) is 5.41 Å². The summed E-state index contributed by atoms with van der Waals surface area (Å²) in [5.74, 6) is -0.378. The monoisotopic (exact) mass is 715 g/mol. The van der Waals surface area contributed by atoms with E-state index in [-0.39, 0.29) is 30.4 Å². The van der Waals surface area contributed by atoms with Gasteiger partial charge in [-0.3, -0.25) is 19.8 Å². The maximum absolute atomic E-state index is 13.8. The minimum Gasteiger partial charge on any atom is -0.447 e. The Kier molecular flexibility index (Phi) is 11.6. The number of carbonyl (C=O) groups excluding carboxylic acids is 2. The van der Waals surface area contributed by atoms with Gasteiger partial charge in [0.25, 0.3) is 5.91 Å². The topological polar surface area (TPSA) is 177 Å². The van der Waals surface area contributed by atoms with E-state index in [1.165, 1.54) is 4.90 Å². The fraction of sp³-hybridized carbons (Fsp3) is 0.412. The second-order valence-corrected chi connectivity index (χ2v) is 13.6. The third-order valence-electron chi connectivity index (χ3n) is 7.86. The number of amidine groups is 1. The number of benzene rings is 2. The summed E-state index contributed by atoms with van der Waals surface area (Å²) in [5.41, 5.74) is 14.3. The third kappa shape index (κ3) is 9.20. The lowest BCUT2D eigenvalue weighted by atomic mass is 9.96. The zero-order chi connectivity index (χ0) is 37.0. The fourth-order valence-corrected chi connectivity index (χ4v) is 4.96. The Morgan fingerprint density at radius 1 is 1.16 bits per heavy atom. The Morgan fingerprint density at radius 2 is 1.80 bits per heavy atom. The van der Waals surface area contributed by atoms with Gasteiger partial charge in [0, 0.05) is 23.4 Å². The largest absolute Gasteiger partial charge is 0.447 e. The summed E-state index contributed by atoms with van der Waals surface area (Å²) in [4.78, 5) is 35.8. The molecule has 5 rings (SSSR count). The molecule has 6 N–H and O–H groups in total. The van der Waals surface area contributed by atoms with Crippen molar-refractivity contribution in [1.82, 2.24) is 20.0 Å². The van der Waals surface area contributed by atoms with Crippen LogP contribution in [-0.2, 0) is 9.53 Å². The molecule has 1 aliphatic carbocycles. The van der Waals surface area contributed by atoms with Crippen LogP contribution in [0.25, 0.3) is 11.1 Å². The molecule has 2 aliphatic rings. The van der Waals surface area contributed by atoms with Crippen molar-refractivity contribution < 1.29 is 27.5 Å². The highest BCUT2D eigenvalue weighted by Gasteiger charge is 2.43. The van der Waals surface area contributed by atoms with Crippen LogP contribution in [0, 0.1) is 10.8 Å². The molecule has 2 atom stereocenters. The summed E-state index contributed by atoms with van der Waals surface area (Å²) in [6.07, 6.45) is 2.27. The highest BCUT2D eigenvalue weighted by Crippen LogP contribution is 2.37. The molecular formula is C34H41ClF3N9O3.